The van der Waals surface area contributed by atoms with Gasteiger partial charge in [-0.15, -0.1) is 0 Å². The molecule has 1 aromatic rings. The maximum atomic E-state index is 12.9. The highest BCUT2D eigenvalue weighted by Crippen LogP contribution is 2.34. The lowest BCUT2D eigenvalue weighted by Crippen LogP contribution is -2.34. The number of nitrogens with zero attached hydrogens (tertiary/aromatic N) is 1. The van der Waals surface area contributed by atoms with E-state index in [-0.39, 0.29) is 10.0 Å². The Morgan fingerprint density at radius 2 is 2.05 bits per heavy atom. The van der Waals surface area contributed by atoms with Crippen molar-refractivity contribution in [3.8, 4) is 0 Å². The molecule has 19 heavy (non-hydrogen) atoms. The number of benzene rings is 1. The molecule has 1 rings (SSSR count). The Labute approximate surface area is 117 Å². The van der Waals surface area contributed by atoms with E-state index in [1.165, 1.54) is 24.1 Å². The van der Waals surface area contributed by atoms with Gasteiger partial charge in [-0.25, -0.2) is 0 Å². The lowest BCUT2D eigenvalue weighted by atomic mass is 10.1. The van der Waals surface area contributed by atoms with Gasteiger partial charge >= 0.3 is 6.18 Å². The van der Waals surface area contributed by atoms with Crippen LogP contribution in [-0.2, 0) is 6.18 Å². The van der Waals surface area contributed by atoms with Crippen LogP contribution in [0.2, 0.25) is 0 Å². The van der Waals surface area contributed by atoms with E-state index in [1.807, 2.05) is 0 Å². The molecule has 1 amide bonds. The molecule has 0 saturated heterocycles. The smallest absolute Gasteiger partial charge is 0.340 e. The first-order chi connectivity index (χ1) is 8.77. The van der Waals surface area contributed by atoms with Crippen molar-refractivity contribution in [2.24, 2.45) is 0 Å². The molecule has 0 aliphatic heterocycles. The van der Waals surface area contributed by atoms with Crippen LogP contribution in [0, 0.1) is 0 Å². The molecule has 0 spiro atoms. The van der Waals surface area contributed by atoms with Crippen molar-refractivity contribution in [2.75, 3.05) is 27.2 Å². The van der Waals surface area contributed by atoms with Gasteiger partial charge in [0.15, 0.2) is 0 Å². The highest BCUT2D eigenvalue weighted by Gasteiger charge is 2.36. The molecule has 1 aromatic carbocycles. The standard InChI is InChI=1S/C12H14BrF3N2O/c1-17-5-6-18(2)11(19)9-4-3-8(13)7-10(9)12(14,15)16/h3-4,7,17H,5-6H2,1-2H3. The molecule has 0 radical (unpaired) electrons. The van der Waals surface area contributed by atoms with Crippen LogP contribution in [0.4, 0.5) is 13.2 Å². The zero-order chi connectivity index (χ0) is 14.6. The van der Waals surface area contributed by atoms with Crippen LogP contribution in [0.15, 0.2) is 22.7 Å². The summed E-state index contributed by atoms with van der Waals surface area (Å²) in [7, 11) is 3.18. The van der Waals surface area contributed by atoms with Gasteiger partial charge in [0.05, 0.1) is 11.1 Å². The third-order valence-corrected chi connectivity index (χ3v) is 3.05. The number of halogens is 4. The number of hydrogen-bond acceptors (Lipinski definition) is 2. The molecule has 7 heteroatoms. The molecular weight excluding hydrogens is 325 g/mol. The van der Waals surface area contributed by atoms with Crippen molar-refractivity contribution in [3.63, 3.8) is 0 Å². The molecule has 0 heterocycles. The van der Waals surface area contributed by atoms with Crippen molar-refractivity contribution in [3.05, 3.63) is 33.8 Å². The lowest BCUT2D eigenvalue weighted by molar-refractivity contribution is -0.138. The van der Waals surface area contributed by atoms with Crippen LogP contribution < -0.4 is 5.32 Å². The Bertz CT molecular complexity index is 463. The van der Waals surface area contributed by atoms with Gasteiger partial charge in [-0.1, -0.05) is 15.9 Å². The number of nitrogens with one attached hydrogen (secondary N) is 1. The van der Waals surface area contributed by atoms with E-state index in [1.54, 1.807) is 7.05 Å². The fraction of sp³-hybridized carbons (Fsp3) is 0.417. The largest absolute Gasteiger partial charge is 0.417 e. The Morgan fingerprint density at radius 3 is 2.58 bits per heavy atom. The Balaban J connectivity index is 3.09. The van der Waals surface area contributed by atoms with E-state index in [0.717, 1.165) is 6.07 Å². The summed E-state index contributed by atoms with van der Waals surface area (Å²) in [4.78, 5) is 13.3. The van der Waals surface area contributed by atoms with Gasteiger partial charge in [0.1, 0.15) is 0 Å². The second kappa shape index (κ2) is 6.38. The normalized spacial score (nSPS) is 11.5. The fourth-order valence-corrected chi connectivity index (χ4v) is 1.89. The molecule has 0 fully saturated rings. The van der Waals surface area contributed by atoms with E-state index < -0.39 is 17.6 Å². The Kier molecular flexibility index (Phi) is 5.37. The van der Waals surface area contributed by atoms with E-state index in [0.29, 0.717) is 13.1 Å². The average molecular weight is 339 g/mol. The van der Waals surface area contributed by atoms with Crippen molar-refractivity contribution in [1.82, 2.24) is 10.2 Å². The van der Waals surface area contributed by atoms with Gasteiger partial charge in [-0.3, -0.25) is 4.79 Å². The number of hydrogen-bond donors (Lipinski definition) is 1. The summed E-state index contributed by atoms with van der Waals surface area (Å²) in [5.74, 6) is -0.643. The molecule has 0 saturated carbocycles. The second-order valence-electron chi connectivity index (χ2n) is 4.02. The quantitative estimate of drug-likeness (QED) is 0.915. The molecule has 0 aliphatic carbocycles. The average Bonchev–Trinajstić information content (AvgIpc) is 2.34. The Morgan fingerprint density at radius 1 is 1.42 bits per heavy atom. The van der Waals surface area contributed by atoms with E-state index in [4.69, 9.17) is 0 Å². The van der Waals surface area contributed by atoms with Crippen LogP contribution in [0.1, 0.15) is 15.9 Å². The topological polar surface area (TPSA) is 32.3 Å². The highest BCUT2D eigenvalue weighted by molar-refractivity contribution is 9.10. The second-order valence-corrected chi connectivity index (χ2v) is 4.93. The summed E-state index contributed by atoms with van der Waals surface area (Å²) >= 11 is 2.98. The fourth-order valence-electron chi connectivity index (χ4n) is 1.52. The molecule has 0 aromatic heterocycles. The monoisotopic (exact) mass is 338 g/mol. The first-order valence-electron chi connectivity index (χ1n) is 5.54. The first-order valence-corrected chi connectivity index (χ1v) is 6.33. The maximum Gasteiger partial charge on any atom is 0.417 e. The molecule has 0 aliphatic rings. The number of amides is 1. The predicted octanol–water partition coefficient (Wildman–Crippen LogP) is 2.76. The van der Waals surface area contributed by atoms with Gasteiger partial charge in [-0.05, 0) is 25.2 Å². The summed E-state index contributed by atoms with van der Waals surface area (Å²) < 4.78 is 39.0. The maximum absolute atomic E-state index is 12.9. The third kappa shape index (κ3) is 4.21. The number of alkyl halides is 3. The van der Waals surface area contributed by atoms with Gasteiger partial charge in [0.2, 0.25) is 0 Å². The minimum absolute atomic E-state index is 0.286. The minimum atomic E-state index is -4.56. The molecule has 0 bridgehead atoms. The van der Waals surface area contributed by atoms with E-state index in [9.17, 15) is 18.0 Å². The predicted molar refractivity (Wildman–Crippen MR) is 70.0 cm³/mol. The number of rotatable bonds is 4. The number of likely N-dealkylation sites (N-methyl/N-ethyl adjacent to an activating group) is 2. The van der Waals surface area contributed by atoms with Crippen LogP contribution in [0.25, 0.3) is 0 Å². The molecule has 106 valence electrons. The Hall–Kier alpha value is -1.08. The van der Waals surface area contributed by atoms with Crippen LogP contribution >= 0.6 is 15.9 Å². The summed E-state index contributed by atoms with van der Waals surface area (Å²) in [5.41, 5.74) is -1.27. The third-order valence-electron chi connectivity index (χ3n) is 2.56. The molecular formula is C12H14BrF3N2O. The number of carbonyl (C=O) groups is 1. The summed E-state index contributed by atoms with van der Waals surface area (Å²) in [6, 6.07) is 3.53. The molecule has 0 unspecified atom stereocenters. The lowest BCUT2D eigenvalue weighted by Gasteiger charge is -2.20. The van der Waals surface area contributed by atoms with Crippen molar-refractivity contribution in [2.45, 2.75) is 6.18 Å². The van der Waals surface area contributed by atoms with Crippen LogP contribution in [-0.4, -0.2) is 38.0 Å². The van der Waals surface area contributed by atoms with E-state index >= 15 is 0 Å². The highest BCUT2D eigenvalue weighted by atomic mass is 79.9. The van der Waals surface area contributed by atoms with Crippen molar-refractivity contribution >= 4 is 21.8 Å². The van der Waals surface area contributed by atoms with Gasteiger partial charge in [-0.2, -0.15) is 13.2 Å². The van der Waals surface area contributed by atoms with Crippen LogP contribution in [0.5, 0.6) is 0 Å². The van der Waals surface area contributed by atoms with Gasteiger partial charge < -0.3 is 10.2 Å². The van der Waals surface area contributed by atoms with Crippen LogP contribution in [0.3, 0.4) is 0 Å². The molecule has 1 N–H and O–H groups in total. The van der Waals surface area contributed by atoms with Gasteiger partial charge in [0.25, 0.3) is 5.91 Å². The van der Waals surface area contributed by atoms with E-state index in [2.05, 4.69) is 21.2 Å². The van der Waals surface area contributed by atoms with Crippen molar-refractivity contribution < 1.29 is 18.0 Å². The molecule has 0 atom stereocenters. The van der Waals surface area contributed by atoms with Gasteiger partial charge in [0, 0.05) is 24.6 Å². The molecule has 3 nitrogen and oxygen atoms in total. The minimum Gasteiger partial charge on any atom is -0.340 e. The van der Waals surface area contributed by atoms with Crippen molar-refractivity contribution in [1.29, 1.82) is 0 Å². The number of carbonyl (C=O) groups excluding carboxylic acids is 1. The summed E-state index contributed by atoms with van der Waals surface area (Å²) in [6.45, 7) is 0.850. The first kappa shape index (κ1) is 16.0. The zero-order valence-corrected chi connectivity index (χ0v) is 12.1. The SMILES string of the molecule is CNCCN(C)C(=O)c1ccc(Br)cc1C(F)(F)F. The summed E-state index contributed by atoms with van der Waals surface area (Å²) in [5, 5.41) is 2.84. The summed E-state index contributed by atoms with van der Waals surface area (Å²) in [6.07, 6.45) is -4.56. The zero-order valence-electron chi connectivity index (χ0n) is 10.5.